The Hall–Kier alpha value is -2.08. The smallest absolute Gasteiger partial charge is 0.107 e. The van der Waals surface area contributed by atoms with Crippen molar-refractivity contribution in [1.82, 2.24) is 20.2 Å². The molecular formula is C20H20N4S. The van der Waals surface area contributed by atoms with Crippen LogP contribution in [0.15, 0.2) is 60.4 Å². The van der Waals surface area contributed by atoms with Crippen LogP contribution in [0.25, 0.3) is 11.1 Å². The highest BCUT2D eigenvalue weighted by molar-refractivity contribution is 7.09. The molecule has 2 saturated heterocycles. The van der Waals surface area contributed by atoms with Gasteiger partial charge in [0.2, 0.25) is 0 Å². The van der Waals surface area contributed by atoms with Crippen LogP contribution in [0.2, 0.25) is 0 Å². The zero-order valence-electron chi connectivity index (χ0n) is 13.9. The molecule has 2 fully saturated rings. The van der Waals surface area contributed by atoms with Crippen LogP contribution < -0.4 is 5.32 Å². The molecule has 1 aromatic carbocycles. The summed E-state index contributed by atoms with van der Waals surface area (Å²) < 4.78 is 0. The number of benzene rings is 1. The number of nitrogens with zero attached hydrogens (tertiary/aromatic N) is 3. The Balaban J connectivity index is 1.35. The molecule has 4 heterocycles. The average Bonchev–Trinajstić information content (AvgIpc) is 3.20. The third-order valence-electron chi connectivity index (χ3n) is 5.50. The van der Waals surface area contributed by atoms with Gasteiger partial charge in [0, 0.05) is 55.1 Å². The fraction of sp³-hybridized carbons (Fsp3) is 0.300. The molecule has 0 amide bonds. The molecule has 0 radical (unpaired) electrons. The first-order valence-corrected chi connectivity index (χ1v) is 9.63. The van der Waals surface area contributed by atoms with Crippen LogP contribution in [0.1, 0.15) is 16.5 Å². The van der Waals surface area contributed by atoms with Gasteiger partial charge in [-0.2, -0.15) is 0 Å². The van der Waals surface area contributed by atoms with Gasteiger partial charge in [0.15, 0.2) is 0 Å². The third kappa shape index (κ3) is 2.68. The Kier molecular flexibility index (Phi) is 3.85. The maximum atomic E-state index is 4.46. The van der Waals surface area contributed by atoms with Gasteiger partial charge >= 0.3 is 0 Å². The van der Waals surface area contributed by atoms with Crippen molar-refractivity contribution in [3.63, 3.8) is 0 Å². The van der Waals surface area contributed by atoms with Gasteiger partial charge in [0.05, 0.1) is 6.54 Å². The monoisotopic (exact) mass is 348 g/mol. The lowest BCUT2D eigenvalue weighted by Crippen LogP contribution is -2.72. The molecule has 126 valence electrons. The van der Waals surface area contributed by atoms with E-state index in [9.17, 15) is 0 Å². The summed E-state index contributed by atoms with van der Waals surface area (Å²) in [7, 11) is 0. The van der Waals surface area contributed by atoms with E-state index in [1.54, 1.807) is 11.3 Å². The molecule has 25 heavy (non-hydrogen) atoms. The molecule has 0 aliphatic carbocycles. The molecular weight excluding hydrogens is 328 g/mol. The molecule has 2 aromatic heterocycles. The molecule has 3 atom stereocenters. The number of piperidine rings is 1. The Bertz CT molecular complexity index is 820. The molecule has 5 rings (SSSR count). The van der Waals surface area contributed by atoms with Crippen molar-refractivity contribution < 1.29 is 0 Å². The van der Waals surface area contributed by atoms with Gasteiger partial charge in [-0.05, 0) is 28.8 Å². The van der Waals surface area contributed by atoms with Crippen LogP contribution in [-0.4, -0.2) is 40.0 Å². The quantitative estimate of drug-likeness (QED) is 0.786. The van der Waals surface area contributed by atoms with Gasteiger partial charge in [-0.15, -0.1) is 11.3 Å². The second kappa shape index (κ2) is 6.33. The highest BCUT2D eigenvalue weighted by Crippen LogP contribution is 2.43. The minimum atomic E-state index is 0.578. The number of thiazole rings is 1. The molecule has 2 aliphatic rings. The predicted octanol–water partition coefficient (Wildman–Crippen LogP) is 3.14. The lowest BCUT2D eigenvalue weighted by molar-refractivity contribution is -0.0483. The number of hydrogen-bond acceptors (Lipinski definition) is 5. The number of nitrogens with one attached hydrogen (secondary N) is 1. The summed E-state index contributed by atoms with van der Waals surface area (Å²) in [6.07, 6.45) is 5.60. The first-order valence-electron chi connectivity index (χ1n) is 8.75. The summed E-state index contributed by atoms with van der Waals surface area (Å²) in [5.74, 6) is 0.632. The van der Waals surface area contributed by atoms with Gasteiger partial charge in [0.25, 0.3) is 0 Å². The van der Waals surface area contributed by atoms with Crippen molar-refractivity contribution in [2.24, 2.45) is 0 Å². The van der Waals surface area contributed by atoms with Crippen molar-refractivity contribution in [1.29, 1.82) is 0 Å². The topological polar surface area (TPSA) is 41.0 Å². The molecule has 4 nitrogen and oxygen atoms in total. The first kappa shape index (κ1) is 15.2. The van der Waals surface area contributed by atoms with Gasteiger partial charge in [-0.25, -0.2) is 4.98 Å². The number of likely N-dealkylation sites (tertiary alicyclic amines) is 1. The first-order chi connectivity index (χ1) is 12.4. The van der Waals surface area contributed by atoms with Crippen molar-refractivity contribution in [3.05, 3.63) is 70.9 Å². The van der Waals surface area contributed by atoms with Crippen molar-refractivity contribution in [2.75, 3.05) is 13.1 Å². The van der Waals surface area contributed by atoms with Crippen LogP contribution in [0.3, 0.4) is 0 Å². The summed E-state index contributed by atoms with van der Waals surface area (Å²) in [4.78, 5) is 11.2. The maximum Gasteiger partial charge on any atom is 0.107 e. The fourth-order valence-electron chi connectivity index (χ4n) is 4.29. The number of aromatic nitrogens is 2. The molecule has 0 saturated carbocycles. The zero-order valence-corrected chi connectivity index (χ0v) is 14.7. The molecule has 1 N–H and O–H groups in total. The Labute approximate surface area is 151 Å². The predicted molar refractivity (Wildman–Crippen MR) is 101 cm³/mol. The van der Waals surface area contributed by atoms with Crippen LogP contribution >= 0.6 is 11.3 Å². The number of piperazine rings is 1. The Morgan fingerprint density at radius 1 is 0.960 bits per heavy atom. The largest absolute Gasteiger partial charge is 0.314 e. The van der Waals surface area contributed by atoms with E-state index in [-0.39, 0.29) is 0 Å². The SMILES string of the molecule is c1cc(-c2ccc(C3[C@H]4CNC[C@@H]3N4Cc3nccs3)cc2)ccn1. The number of hydrogen-bond donors (Lipinski definition) is 1. The van der Waals surface area contributed by atoms with Gasteiger partial charge in [0.1, 0.15) is 5.01 Å². The van der Waals surface area contributed by atoms with E-state index in [1.807, 2.05) is 18.6 Å². The summed E-state index contributed by atoms with van der Waals surface area (Å²) in [6.45, 7) is 3.12. The molecule has 2 aliphatic heterocycles. The van der Waals surface area contributed by atoms with Crippen molar-refractivity contribution in [3.8, 4) is 11.1 Å². The third-order valence-corrected chi connectivity index (χ3v) is 6.26. The normalized spacial score (nSPS) is 25.5. The van der Waals surface area contributed by atoms with Gasteiger partial charge in [-0.3, -0.25) is 9.88 Å². The van der Waals surface area contributed by atoms with E-state index in [2.05, 4.69) is 62.0 Å². The van der Waals surface area contributed by atoms with Crippen molar-refractivity contribution >= 4 is 11.3 Å². The van der Waals surface area contributed by atoms with Crippen molar-refractivity contribution in [2.45, 2.75) is 24.5 Å². The lowest BCUT2D eigenvalue weighted by Gasteiger charge is -2.59. The molecule has 1 unspecified atom stereocenters. The van der Waals surface area contributed by atoms with Gasteiger partial charge in [-0.1, -0.05) is 24.3 Å². The minimum Gasteiger partial charge on any atom is -0.314 e. The highest BCUT2D eigenvalue weighted by atomic mass is 32.1. The maximum absolute atomic E-state index is 4.46. The van der Waals surface area contributed by atoms with E-state index in [1.165, 1.54) is 21.7 Å². The van der Waals surface area contributed by atoms with E-state index >= 15 is 0 Å². The summed E-state index contributed by atoms with van der Waals surface area (Å²) >= 11 is 1.76. The van der Waals surface area contributed by atoms with E-state index in [4.69, 9.17) is 0 Å². The summed E-state index contributed by atoms with van der Waals surface area (Å²) in [5.41, 5.74) is 3.94. The Morgan fingerprint density at radius 2 is 1.68 bits per heavy atom. The zero-order chi connectivity index (χ0) is 16.6. The van der Waals surface area contributed by atoms with E-state index < -0.39 is 0 Å². The van der Waals surface area contributed by atoms with Crippen LogP contribution in [0.4, 0.5) is 0 Å². The van der Waals surface area contributed by atoms with Gasteiger partial charge < -0.3 is 5.32 Å². The molecule has 3 aromatic rings. The number of rotatable bonds is 4. The number of fused-ring (bicyclic) bond motifs is 2. The highest BCUT2D eigenvalue weighted by Gasteiger charge is 2.51. The minimum absolute atomic E-state index is 0.578. The summed E-state index contributed by atoms with van der Waals surface area (Å²) in [5, 5.41) is 6.86. The van der Waals surface area contributed by atoms with Crippen LogP contribution in [0, 0.1) is 0 Å². The van der Waals surface area contributed by atoms with E-state index in [0.717, 1.165) is 19.6 Å². The van der Waals surface area contributed by atoms with Crippen LogP contribution in [-0.2, 0) is 6.54 Å². The second-order valence-electron chi connectivity index (χ2n) is 6.77. The standard InChI is InChI=1S/C20H20N4S/c1-3-16(4-2-14(1)15-5-7-21-8-6-15)20-17-11-22-12-18(20)24(17)13-19-23-9-10-25-19/h1-10,17-18,20,22H,11-13H2/t17-,18+,20?. The molecule has 5 heteroatoms. The number of pyridine rings is 1. The van der Waals surface area contributed by atoms with Crippen LogP contribution in [0.5, 0.6) is 0 Å². The van der Waals surface area contributed by atoms with E-state index in [0.29, 0.717) is 18.0 Å². The average molecular weight is 348 g/mol. The summed E-state index contributed by atoms with van der Waals surface area (Å²) in [6, 6.07) is 14.4. The lowest BCUT2D eigenvalue weighted by atomic mass is 9.72. The molecule has 2 bridgehead atoms. The fourth-order valence-corrected chi connectivity index (χ4v) is 4.91. The Morgan fingerprint density at radius 3 is 2.36 bits per heavy atom. The second-order valence-corrected chi connectivity index (χ2v) is 7.75. The molecule has 0 spiro atoms.